The summed E-state index contributed by atoms with van der Waals surface area (Å²) < 4.78 is 10.4. The van der Waals surface area contributed by atoms with E-state index < -0.39 is 6.10 Å². The fourth-order valence-corrected chi connectivity index (χ4v) is 1.28. The van der Waals surface area contributed by atoms with E-state index in [-0.39, 0.29) is 0 Å². The van der Waals surface area contributed by atoms with Gasteiger partial charge in [0.15, 0.2) is 0 Å². The molecule has 0 saturated heterocycles. The summed E-state index contributed by atoms with van der Waals surface area (Å²) in [6.45, 7) is 3.93. The normalized spacial score (nSPS) is 19.1. The molecule has 0 amide bonds. The number of aliphatic hydroxyl groups is 1. The van der Waals surface area contributed by atoms with Crippen molar-refractivity contribution >= 4 is 0 Å². The van der Waals surface area contributed by atoms with Gasteiger partial charge in [0.25, 0.3) is 0 Å². The predicted octanol–water partition coefficient (Wildman–Crippen LogP) is 1.47. The summed E-state index contributed by atoms with van der Waals surface area (Å²) in [5.41, 5.74) is 0.961. The highest BCUT2D eigenvalue weighted by molar-refractivity contribution is 5.06. The second kappa shape index (κ2) is 6.00. The van der Waals surface area contributed by atoms with Crippen LogP contribution >= 0.6 is 0 Å². The highest BCUT2D eigenvalue weighted by Gasteiger charge is 2.13. The lowest BCUT2D eigenvalue weighted by atomic mass is 10.1. The molecule has 0 aromatic carbocycles. The molecule has 0 aliphatic carbocycles. The Morgan fingerprint density at radius 2 is 2.54 bits per heavy atom. The van der Waals surface area contributed by atoms with Crippen LogP contribution < -0.4 is 0 Å². The number of hydrogen-bond acceptors (Lipinski definition) is 3. The lowest BCUT2D eigenvalue weighted by Gasteiger charge is -2.18. The van der Waals surface area contributed by atoms with Crippen LogP contribution in [-0.2, 0) is 9.47 Å². The first-order chi connectivity index (χ1) is 6.34. The maximum Gasteiger partial charge on any atom is 0.102 e. The first-order valence-corrected chi connectivity index (χ1v) is 4.91. The molecule has 0 aromatic heterocycles. The SMILES string of the molecule is CCCOCC(O)C1=COCCC1. The first-order valence-electron chi connectivity index (χ1n) is 4.91. The van der Waals surface area contributed by atoms with Crippen molar-refractivity contribution in [1.29, 1.82) is 0 Å². The van der Waals surface area contributed by atoms with E-state index in [4.69, 9.17) is 9.47 Å². The molecule has 1 rings (SSSR count). The molecule has 1 heterocycles. The number of aliphatic hydroxyl groups excluding tert-OH is 1. The fraction of sp³-hybridized carbons (Fsp3) is 0.800. The zero-order chi connectivity index (χ0) is 9.52. The summed E-state index contributed by atoms with van der Waals surface area (Å²) >= 11 is 0. The summed E-state index contributed by atoms with van der Waals surface area (Å²) in [4.78, 5) is 0. The largest absolute Gasteiger partial charge is 0.501 e. The van der Waals surface area contributed by atoms with Crippen molar-refractivity contribution in [3.8, 4) is 0 Å². The second-order valence-electron chi connectivity index (χ2n) is 3.26. The van der Waals surface area contributed by atoms with Crippen LogP contribution in [0.25, 0.3) is 0 Å². The Balaban J connectivity index is 2.21. The molecule has 1 aliphatic rings. The van der Waals surface area contributed by atoms with Gasteiger partial charge in [0, 0.05) is 6.61 Å². The molecule has 1 aliphatic heterocycles. The molecule has 0 saturated carbocycles. The zero-order valence-electron chi connectivity index (χ0n) is 8.16. The lowest BCUT2D eigenvalue weighted by molar-refractivity contribution is 0.0482. The van der Waals surface area contributed by atoms with Gasteiger partial charge in [0.1, 0.15) is 6.10 Å². The molecule has 76 valence electrons. The Labute approximate surface area is 79.3 Å². The zero-order valence-corrected chi connectivity index (χ0v) is 8.16. The summed E-state index contributed by atoms with van der Waals surface area (Å²) in [5.74, 6) is 0. The summed E-state index contributed by atoms with van der Waals surface area (Å²) in [5, 5.41) is 9.63. The minimum atomic E-state index is -0.480. The van der Waals surface area contributed by atoms with Crippen LogP contribution in [0, 0.1) is 0 Å². The van der Waals surface area contributed by atoms with Crippen molar-refractivity contribution in [3.05, 3.63) is 11.8 Å². The topological polar surface area (TPSA) is 38.7 Å². The maximum atomic E-state index is 9.63. The van der Waals surface area contributed by atoms with E-state index in [2.05, 4.69) is 6.92 Å². The molecule has 0 fully saturated rings. The second-order valence-corrected chi connectivity index (χ2v) is 3.26. The summed E-state index contributed by atoms with van der Waals surface area (Å²) in [6.07, 6.45) is 4.10. The monoisotopic (exact) mass is 186 g/mol. The Kier molecular flexibility index (Phi) is 4.86. The van der Waals surface area contributed by atoms with Gasteiger partial charge in [-0.05, 0) is 24.8 Å². The van der Waals surface area contributed by atoms with Crippen LogP contribution in [0.4, 0.5) is 0 Å². The van der Waals surface area contributed by atoms with Crippen LogP contribution in [0.3, 0.4) is 0 Å². The van der Waals surface area contributed by atoms with Crippen LogP contribution in [-0.4, -0.2) is 31.0 Å². The van der Waals surface area contributed by atoms with Crippen LogP contribution in [0.2, 0.25) is 0 Å². The highest BCUT2D eigenvalue weighted by Crippen LogP contribution is 2.15. The van der Waals surface area contributed by atoms with Crippen molar-refractivity contribution in [2.75, 3.05) is 19.8 Å². The third kappa shape index (κ3) is 3.79. The van der Waals surface area contributed by atoms with Gasteiger partial charge in [-0.1, -0.05) is 6.92 Å². The van der Waals surface area contributed by atoms with E-state index in [0.29, 0.717) is 13.2 Å². The van der Waals surface area contributed by atoms with Crippen molar-refractivity contribution < 1.29 is 14.6 Å². The first kappa shape index (κ1) is 10.5. The highest BCUT2D eigenvalue weighted by atomic mass is 16.5. The molecule has 1 N–H and O–H groups in total. The lowest BCUT2D eigenvalue weighted by Crippen LogP contribution is -2.20. The average Bonchev–Trinajstić information content (AvgIpc) is 2.19. The van der Waals surface area contributed by atoms with Crippen molar-refractivity contribution in [2.24, 2.45) is 0 Å². The van der Waals surface area contributed by atoms with Crippen molar-refractivity contribution in [3.63, 3.8) is 0 Å². The van der Waals surface area contributed by atoms with Gasteiger partial charge < -0.3 is 14.6 Å². The molecular weight excluding hydrogens is 168 g/mol. The number of hydrogen-bond donors (Lipinski definition) is 1. The van der Waals surface area contributed by atoms with Gasteiger partial charge >= 0.3 is 0 Å². The summed E-state index contributed by atoms with van der Waals surface area (Å²) in [6, 6.07) is 0. The molecule has 0 bridgehead atoms. The predicted molar refractivity (Wildman–Crippen MR) is 50.4 cm³/mol. The molecular formula is C10H18O3. The molecule has 1 atom stereocenters. The van der Waals surface area contributed by atoms with E-state index >= 15 is 0 Å². The number of ether oxygens (including phenoxy) is 2. The van der Waals surface area contributed by atoms with E-state index in [9.17, 15) is 5.11 Å². The third-order valence-electron chi connectivity index (χ3n) is 2.01. The van der Waals surface area contributed by atoms with Gasteiger partial charge in [-0.15, -0.1) is 0 Å². The molecule has 0 aromatic rings. The molecule has 13 heavy (non-hydrogen) atoms. The third-order valence-corrected chi connectivity index (χ3v) is 2.01. The van der Waals surface area contributed by atoms with Gasteiger partial charge in [-0.2, -0.15) is 0 Å². The molecule has 1 unspecified atom stereocenters. The van der Waals surface area contributed by atoms with Gasteiger partial charge in [-0.3, -0.25) is 0 Å². The minimum Gasteiger partial charge on any atom is -0.501 e. The minimum absolute atomic E-state index is 0.392. The van der Waals surface area contributed by atoms with Crippen LogP contribution in [0.5, 0.6) is 0 Å². The molecule has 3 nitrogen and oxygen atoms in total. The quantitative estimate of drug-likeness (QED) is 0.661. The van der Waals surface area contributed by atoms with Crippen LogP contribution in [0.1, 0.15) is 26.2 Å². The van der Waals surface area contributed by atoms with Gasteiger partial charge in [-0.25, -0.2) is 0 Å². The standard InChI is InChI=1S/C10H18O3/c1-2-5-12-8-10(11)9-4-3-6-13-7-9/h7,10-11H,2-6,8H2,1H3. The maximum absolute atomic E-state index is 9.63. The Hall–Kier alpha value is -0.540. The summed E-state index contributed by atoms with van der Waals surface area (Å²) in [7, 11) is 0. The average molecular weight is 186 g/mol. The molecule has 3 heteroatoms. The smallest absolute Gasteiger partial charge is 0.102 e. The Morgan fingerprint density at radius 3 is 3.15 bits per heavy atom. The number of rotatable bonds is 5. The van der Waals surface area contributed by atoms with E-state index in [1.807, 2.05) is 0 Å². The van der Waals surface area contributed by atoms with E-state index in [0.717, 1.165) is 31.4 Å². The van der Waals surface area contributed by atoms with E-state index in [1.54, 1.807) is 6.26 Å². The van der Waals surface area contributed by atoms with Crippen molar-refractivity contribution in [2.45, 2.75) is 32.3 Å². The molecule has 0 radical (unpaired) electrons. The van der Waals surface area contributed by atoms with Crippen LogP contribution in [0.15, 0.2) is 11.8 Å². The van der Waals surface area contributed by atoms with E-state index in [1.165, 1.54) is 0 Å². The van der Waals surface area contributed by atoms with Crippen molar-refractivity contribution in [1.82, 2.24) is 0 Å². The Morgan fingerprint density at radius 1 is 1.69 bits per heavy atom. The molecule has 0 spiro atoms. The van der Waals surface area contributed by atoms with Gasteiger partial charge in [0.2, 0.25) is 0 Å². The van der Waals surface area contributed by atoms with Gasteiger partial charge in [0.05, 0.1) is 19.5 Å². The Bertz CT molecular complexity index is 166. The fourth-order valence-electron chi connectivity index (χ4n) is 1.28.